The molecule has 1 fully saturated rings. The van der Waals surface area contributed by atoms with Gasteiger partial charge < -0.3 is 15.3 Å². The van der Waals surface area contributed by atoms with Crippen LogP contribution in [-0.2, 0) is 4.74 Å². The number of halogens is 1. The number of ether oxygens (including phenoxy) is 1. The third-order valence-electron chi connectivity index (χ3n) is 7.12. The third kappa shape index (κ3) is 5.18. The highest BCUT2D eigenvalue weighted by atomic mass is 28.4. The summed E-state index contributed by atoms with van der Waals surface area (Å²) >= 11 is 0. The van der Waals surface area contributed by atoms with Crippen LogP contribution in [0.4, 0.5) is 10.2 Å². The molecule has 1 heterocycles. The predicted molar refractivity (Wildman–Crippen MR) is 126 cm³/mol. The molecule has 1 aliphatic rings. The van der Waals surface area contributed by atoms with E-state index in [1.54, 1.807) is 12.3 Å². The van der Waals surface area contributed by atoms with Crippen molar-refractivity contribution < 1.29 is 18.7 Å². The molecule has 1 saturated carbocycles. The lowest BCUT2D eigenvalue weighted by Gasteiger charge is -2.40. The van der Waals surface area contributed by atoms with E-state index in [-0.39, 0.29) is 22.3 Å². The molecule has 32 heavy (non-hydrogen) atoms. The number of nitrogens with two attached hydrogens (primary N) is 1. The van der Waals surface area contributed by atoms with E-state index in [2.05, 4.69) is 23.6 Å². The Bertz CT molecular complexity index is 991. The van der Waals surface area contributed by atoms with Gasteiger partial charge in [-0.2, -0.15) is 0 Å². The lowest BCUT2D eigenvalue weighted by atomic mass is 9.76. The maximum atomic E-state index is 14.5. The molecule has 2 unspecified atom stereocenters. The molecule has 6 nitrogen and oxygen atoms in total. The van der Waals surface area contributed by atoms with Gasteiger partial charge in [0.2, 0.25) is 0 Å². The number of carbonyl (C=O) groups is 1. The molecule has 2 aromatic rings. The number of esters is 1. The monoisotopic (exact) mass is 459 g/mol. The fraction of sp³-hybridized carbons (Fsp3) is 0.542. The number of aromatic nitrogens is 2. The molecule has 0 aliphatic heterocycles. The molecule has 3 N–H and O–H groups in total. The second kappa shape index (κ2) is 9.27. The van der Waals surface area contributed by atoms with Crippen molar-refractivity contribution in [1.82, 2.24) is 9.97 Å². The van der Waals surface area contributed by atoms with Crippen LogP contribution in [0.15, 0.2) is 24.4 Å². The Hall–Kier alpha value is -2.32. The van der Waals surface area contributed by atoms with E-state index in [4.69, 9.17) is 10.7 Å². The minimum absolute atomic E-state index is 0.0591. The number of hydrogen-bond donors (Lipinski definition) is 2. The number of anilines is 1. The average molecular weight is 460 g/mol. The van der Waals surface area contributed by atoms with E-state index >= 15 is 0 Å². The highest BCUT2D eigenvalue weighted by molar-refractivity contribution is 6.72. The van der Waals surface area contributed by atoms with Gasteiger partial charge >= 0.3 is 5.97 Å². The zero-order chi connectivity index (χ0) is 23.7. The average Bonchev–Trinajstić information content (AvgIpc) is 2.72. The van der Waals surface area contributed by atoms with E-state index in [9.17, 15) is 14.0 Å². The van der Waals surface area contributed by atoms with Gasteiger partial charge in [-0.15, -0.1) is 0 Å². The van der Waals surface area contributed by atoms with Gasteiger partial charge in [-0.05, 0) is 55.4 Å². The Balaban J connectivity index is 1.84. The second-order valence-electron chi connectivity index (χ2n) is 10.1. The molecule has 3 rings (SSSR count). The summed E-state index contributed by atoms with van der Waals surface area (Å²) in [5.74, 6) is -0.425. The molecular weight excluding hydrogens is 425 g/mol. The third-order valence-corrected chi connectivity index (χ3v) is 10.6. The number of rotatable bonds is 6. The molecule has 1 aromatic carbocycles. The van der Waals surface area contributed by atoms with Crippen molar-refractivity contribution >= 4 is 20.1 Å². The van der Waals surface area contributed by atoms with Gasteiger partial charge in [0.25, 0.3) is 0 Å². The summed E-state index contributed by atoms with van der Waals surface area (Å²) in [7, 11) is -1.05. The van der Waals surface area contributed by atoms with Crippen LogP contribution < -0.4 is 5.73 Å². The molecule has 174 valence electrons. The Morgan fingerprint density at radius 2 is 2.06 bits per heavy atom. The van der Waals surface area contributed by atoms with Crippen molar-refractivity contribution in [1.29, 1.82) is 0 Å². The van der Waals surface area contributed by atoms with Gasteiger partial charge in [0.05, 0.1) is 24.6 Å². The van der Waals surface area contributed by atoms with Crippen molar-refractivity contribution in [3.63, 3.8) is 0 Å². The summed E-state index contributed by atoms with van der Waals surface area (Å²) < 4.78 is 19.1. The minimum atomic E-state index is -2.26. The van der Waals surface area contributed by atoms with E-state index in [1.807, 2.05) is 13.1 Å². The van der Waals surface area contributed by atoms with Crippen molar-refractivity contribution in [2.75, 3.05) is 12.8 Å². The second-order valence-corrected chi connectivity index (χ2v) is 14.6. The summed E-state index contributed by atoms with van der Waals surface area (Å²) in [5.41, 5.74) is 7.69. The number of carbonyl (C=O) groups excluding carboxylic acids is 1. The maximum absolute atomic E-state index is 14.5. The van der Waals surface area contributed by atoms with Crippen molar-refractivity contribution in [3.8, 4) is 11.3 Å². The first-order valence-corrected chi connectivity index (χ1v) is 14.1. The van der Waals surface area contributed by atoms with E-state index in [0.29, 0.717) is 17.2 Å². The molecule has 8 heteroatoms. The molecule has 1 aromatic heterocycles. The van der Waals surface area contributed by atoms with Crippen LogP contribution in [0.25, 0.3) is 11.3 Å². The maximum Gasteiger partial charge on any atom is 0.340 e. The van der Waals surface area contributed by atoms with Crippen LogP contribution in [0, 0.1) is 11.7 Å². The lowest BCUT2D eigenvalue weighted by molar-refractivity contribution is 0.0595. The largest absolute Gasteiger partial charge is 0.465 e. The van der Waals surface area contributed by atoms with E-state index in [0.717, 1.165) is 37.8 Å². The lowest BCUT2D eigenvalue weighted by Crippen LogP contribution is -2.40. The van der Waals surface area contributed by atoms with Gasteiger partial charge in [-0.25, -0.2) is 19.2 Å². The molecule has 2 atom stereocenters. The zero-order valence-electron chi connectivity index (χ0n) is 19.6. The molecule has 0 saturated heterocycles. The van der Waals surface area contributed by atoms with Crippen LogP contribution >= 0.6 is 0 Å². The Kier molecular flexibility index (Phi) is 7.05. The fourth-order valence-corrected chi connectivity index (χ4v) is 5.26. The topological polar surface area (TPSA) is 98.3 Å². The van der Waals surface area contributed by atoms with Crippen LogP contribution in [0.1, 0.15) is 67.9 Å². The standard InChI is InChI=1S/C24H34FN3O3Si/c1-24(2,32(4,5)30)13-15-7-6-8-16(11-15)20-14-27-22(26)21(28-20)17-9-10-18(19(25)12-17)23(29)31-3/h9-10,12,14-16,30H,6-8,11,13H2,1-5H3,(H2,26,27). The molecular formula is C24H34FN3O3Si. The van der Waals surface area contributed by atoms with E-state index < -0.39 is 20.1 Å². The predicted octanol–water partition coefficient (Wildman–Crippen LogP) is 5.29. The summed E-state index contributed by atoms with van der Waals surface area (Å²) in [6.45, 7) is 8.37. The normalized spacial score (nSPS) is 19.6. The molecule has 1 aliphatic carbocycles. The summed E-state index contributed by atoms with van der Waals surface area (Å²) in [6, 6.07) is 4.24. The summed E-state index contributed by atoms with van der Waals surface area (Å²) in [5, 5.41) is -0.0591. The quantitative estimate of drug-likeness (QED) is 0.450. The fourth-order valence-electron chi connectivity index (χ4n) is 4.48. The van der Waals surface area contributed by atoms with Crippen LogP contribution in [0.5, 0.6) is 0 Å². The number of methoxy groups -OCH3 is 1. The number of nitrogens with zero attached hydrogens (tertiary/aromatic N) is 2. The summed E-state index contributed by atoms with van der Waals surface area (Å²) in [4.78, 5) is 31.5. The Morgan fingerprint density at radius 3 is 2.69 bits per heavy atom. The van der Waals surface area contributed by atoms with Crippen molar-refractivity contribution in [2.24, 2.45) is 5.92 Å². The number of hydrogen-bond acceptors (Lipinski definition) is 6. The Labute approximate surface area is 190 Å². The van der Waals surface area contributed by atoms with Gasteiger partial charge in [-0.1, -0.05) is 32.8 Å². The summed E-state index contributed by atoms with van der Waals surface area (Å²) in [6.07, 6.45) is 6.98. The van der Waals surface area contributed by atoms with Gasteiger partial charge in [0.15, 0.2) is 8.32 Å². The van der Waals surface area contributed by atoms with Gasteiger partial charge in [0.1, 0.15) is 17.3 Å². The minimum Gasteiger partial charge on any atom is -0.465 e. The highest BCUT2D eigenvalue weighted by Crippen LogP contribution is 2.47. The molecule has 0 bridgehead atoms. The molecule has 0 spiro atoms. The SMILES string of the molecule is COC(=O)c1ccc(-c2nc(C3CCCC(CC(C)(C)[Si](C)(C)O)C3)cnc2N)cc1F. The van der Waals surface area contributed by atoms with Gasteiger partial charge in [0, 0.05) is 11.5 Å². The molecule has 0 amide bonds. The number of benzene rings is 1. The first kappa shape index (κ1) is 24.3. The first-order valence-electron chi connectivity index (χ1n) is 11.2. The van der Waals surface area contributed by atoms with Crippen LogP contribution in [0.2, 0.25) is 18.1 Å². The first-order chi connectivity index (χ1) is 14.9. The van der Waals surface area contributed by atoms with Crippen LogP contribution in [-0.4, -0.2) is 36.2 Å². The number of nitrogen functional groups attached to an aromatic ring is 1. The van der Waals surface area contributed by atoms with Crippen molar-refractivity contribution in [3.05, 3.63) is 41.5 Å². The molecule has 0 radical (unpaired) electrons. The Morgan fingerprint density at radius 1 is 1.34 bits per heavy atom. The van der Waals surface area contributed by atoms with Gasteiger partial charge in [-0.3, -0.25) is 0 Å². The zero-order valence-corrected chi connectivity index (χ0v) is 20.6. The van der Waals surface area contributed by atoms with Crippen molar-refractivity contribution in [2.45, 2.75) is 70.0 Å². The van der Waals surface area contributed by atoms with Crippen LogP contribution in [0.3, 0.4) is 0 Å². The highest BCUT2D eigenvalue weighted by Gasteiger charge is 2.40. The van der Waals surface area contributed by atoms with E-state index in [1.165, 1.54) is 19.2 Å². The smallest absolute Gasteiger partial charge is 0.340 e.